The molecule has 8 heteroatoms. The van der Waals surface area contributed by atoms with Crippen molar-refractivity contribution in [3.05, 3.63) is 65.2 Å². The monoisotopic (exact) mass is 495 g/mol. The maximum atomic E-state index is 13.0. The SMILES string of the molecule is COC(=O)c1ccc(NC(=O)COC(=O)c2ccccc2C(=O)O[C@@H]2C[C@H](C)CC[C@@H]2C(C)C)cc1. The van der Waals surface area contributed by atoms with E-state index in [9.17, 15) is 19.2 Å². The van der Waals surface area contributed by atoms with Crippen molar-refractivity contribution in [2.75, 3.05) is 19.0 Å². The van der Waals surface area contributed by atoms with Crippen LogP contribution in [0.15, 0.2) is 48.5 Å². The molecule has 1 N–H and O–H groups in total. The molecule has 1 aliphatic carbocycles. The summed E-state index contributed by atoms with van der Waals surface area (Å²) in [5, 5.41) is 2.58. The van der Waals surface area contributed by atoms with Crippen molar-refractivity contribution in [2.45, 2.75) is 46.1 Å². The van der Waals surface area contributed by atoms with Crippen molar-refractivity contribution in [1.29, 1.82) is 0 Å². The highest BCUT2D eigenvalue weighted by Crippen LogP contribution is 2.35. The van der Waals surface area contributed by atoms with Crippen LogP contribution in [0.3, 0.4) is 0 Å². The van der Waals surface area contributed by atoms with Gasteiger partial charge in [-0.05, 0) is 67.0 Å². The second kappa shape index (κ2) is 12.3. The molecule has 192 valence electrons. The minimum Gasteiger partial charge on any atom is -0.465 e. The van der Waals surface area contributed by atoms with Crippen molar-refractivity contribution in [3.63, 3.8) is 0 Å². The van der Waals surface area contributed by atoms with Crippen molar-refractivity contribution in [1.82, 2.24) is 0 Å². The summed E-state index contributed by atoms with van der Waals surface area (Å²) in [5.41, 5.74) is 0.923. The molecule has 0 saturated heterocycles. The van der Waals surface area contributed by atoms with E-state index in [-0.39, 0.29) is 23.1 Å². The van der Waals surface area contributed by atoms with Crippen LogP contribution in [0.2, 0.25) is 0 Å². The molecule has 2 aromatic carbocycles. The lowest BCUT2D eigenvalue weighted by molar-refractivity contribution is -0.119. The molecular weight excluding hydrogens is 462 g/mol. The molecule has 0 aliphatic heterocycles. The lowest BCUT2D eigenvalue weighted by Crippen LogP contribution is -2.36. The van der Waals surface area contributed by atoms with Gasteiger partial charge in [-0.1, -0.05) is 39.3 Å². The largest absolute Gasteiger partial charge is 0.465 e. The number of hydrogen-bond acceptors (Lipinski definition) is 7. The standard InChI is InChI=1S/C28H33NO7/c1-17(2)21-14-9-18(3)15-24(21)36-28(33)23-8-6-5-7-22(23)27(32)35-16-25(30)29-20-12-10-19(11-13-20)26(31)34-4/h5-8,10-13,17-18,21,24H,9,14-16H2,1-4H3,(H,29,30)/t18-,21-,24-/m1/s1. The van der Waals surface area contributed by atoms with Gasteiger partial charge >= 0.3 is 17.9 Å². The van der Waals surface area contributed by atoms with Crippen LogP contribution in [0.4, 0.5) is 5.69 Å². The van der Waals surface area contributed by atoms with Crippen molar-refractivity contribution >= 4 is 29.5 Å². The van der Waals surface area contributed by atoms with Gasteiger partial charge in [-0.3, -0.25) is 4.79 Å². The fraction of sp³-hybridized carbons (Fsp3) is 0.429. The molecule has 1 amide bonds. The zero-order valence-electron chi connectivity index (χ0n) is 21.1. The van der Waals surface area contributed by atoms with Crippen LogP contribution in [0.1, 0.15) is 71.1 Å². The number of amides is 1. The normalized spacial score (nSPS) is 19.3. The van der Waals surface area contributed by atoms with Gasteiger partial charge in [0, 0.05) is 5.69 Å². The van der Waals surface area contributed by atoms with Crippen molar-refractivity contribution < 1.29 is 33.4 Å². The third kappa shape index (κ3) is 6.93. The van der Waals surface area contributed by atoms with Gasteiger partial charge in [0.25, 0.3) is 5.91 Å². The number of benzene rings is 2. The van der Waals surface area contributed by atoms with Gasteiger partial charge in [0.2, 0.25) is 0 Å². The molecule has 0 aromatic heterocycles. The summed E-state index contributed by atoms with van der Waals surface area (Å²) in [4.78, 5) is 49.6. The summed E-state index contributed by atoms with van der Waals surface area (Å²) >= 11 is 0. The summed E-state index contributed by atoms with van der Waals surface area (Å²) in [6.07, 6.45) is 2.70. The molecule has 1 fully saturated rings. The number of rotatable bonds is 8. The third-order valence-electron chi connectivity index (χ3n) is 6.51. The number of carbonyl (C=O) groups is 4. The molecule has 0 radical (unpaired) electrons. The second-order valence-corrected chi connectivity index (χ2v) is 9.51. The van der Waals surface area contributed by atoms with Crippen LogP contribution in [-0.2, 0) is 19.0 Å². The molecular formula is C28H33NO7. The van der Waals surface area contributed by atoms with Crippen LogP contribution >= 0.6 is 0 Å². The van der Waals surface area contributed by atoms with Crippen LogP contribution in [0.5, 0.6) is 0 Å². The fourth-order valence-corrected chi connectivity index (χ4v) is 4.50. The molecule has 3 rings (SSSR count). The van der Waals surface area contributed by atoms with Gasteiger partial charge in [0.05, 0.1) is 23.8 Å². The first-order valence-corrected chi connectivity index (χ1v) is 12.1. The van der Waals surface area contributed by atoms with E-state index in [0.29, 0.717) is 23.1 Å². The fourth-order valence-electron chi connectivity index (χ4n) is 4.50. The Hall–Kier alpha value is -3.68. The average molecular weight is 496 g/mol. The molecule has 2 aromatic rings. The number of nitrogens with one attached hydrogen (secondary N) is 1. The van der Waals surface area contributed by atoms with Crippen molar-refractivity contribution in [3.8, 4) is 0 Å². The molecule has 0 bridgehead atoms. The second-order valence-electron chi connectivity index (χ2n) is 9.51. The van der Waals surface area contributed by atoms with Gasteiger partial charge in [-0.2, -0.15) is 0 Å². The first-order valence-electron chi connectivity index (χ1n) is 12.1. The number of ether oxygens (including phenoxy) is 3. The van der Waals surface area contributed by atoms with Gasteiger partial charge in [0.1, 0.15) is 6.10 Å². The Morgan fingerprint density at radius 3 is 2.17 bits per heavy atom. The average Bonchev–Trinajstić information content (AvgIpc) is 2.87. The van der Waals surface area contributed by atoms with Crippen LogP contribution in [0.25, 0.3) is 0 Å². The molecule has 3 atom stereocenters. The summed E-state index contributed by atoms with van der Waals surface area (Å²) in [6.45, 7) is 5.87. The Labute approximate surface area is 211 Å². The summed E-state index contributed by atoms with van der Waals surface area (Å²) in [7, 11) is 1.28. The molecule has 1 aliphatic rings. The highest BCUT2D eigenvalue weighted by atomic mass is 16.5. The molecule has 0 spiro atoms. The topological polar surface area (TPSA) is 108 Å². The maximum Gasteiger partial charge on any atom is 0.339 e. The van der Waals surface area contributed by atoms with Gasteiger partial charge in [-0.15, -0.1) is 0 Å². The van der Waals surface area contributed by atoms with Crippen LogP contribution in [0, 0.1) is 17.8 Å². The Balaban J connectivity index is 1.61. The van der Waals surface area contributed by atoms with E-state index in [0.717, 1.165) is 19.3 Å². The lowest BCUT2D eigenvalue weighted by atomic mass is 9.75. The van der Waals surface area contributed by atoms with Crippen LogP contribution < -0.4 is 5.32 Å². The molecule has 36 heavy (non-hydrogen) atoms. The lowest BCUT2D eigenvalue weighted by Gasteiger charge is -2.36. The Morgan fingerprint density at radius 2 is 1.56 bits per heavy atom. The van der Waals surface area contributed by atoms with Gasteiger partial charge in [0.15, 0.2) is 6.61 Å². The van der Waals surface area contributed by atoms with Gasteiger partial charge < -0.3 is 19.5 Å². The minimum atomic E-state index is -0.795. The first kappa shape index (κ1) is 26.9. The first-order chi connectivity index (χ1) is 17.2. The minimum absolute atomic E-state index is 0.0442. The number of esters is 3. The zero-order valence-corrected chi connectivity index (χ0v) is 21.1. The molecule has 0 heterocycles. The number of methoxy groups -OCH3 is 1. The number of carbonyl (C=O) groups excluding carboxylic acids is 4. The van der Waals surface area contributed by atoms with E-state index in [1.165, 1.54) is 43.5 Å². The highest BCUT2D eigenvalue weighted by Gasteiger charge is 2.34. The molecule has 1 saturated carbocycles. The third-order valence-corrected chi connectivity index (χ3v) is 6.51. The van der Waals surface area contributed by atoms with Crippen LogP contribution in [-0.4, -0.2) is 43.6 Å². The Kier molecular flexibility index (Phi) is 9.22. The maximum absolute atomic E-state index is 13.0. The smallest absolute Gasteiger partial charge is 0.339 e. The summed E-state index contributed by atoms with van der Waals surface area (Å²) < 4.78 is 15.7. The summed E-state index contributed by atoms with van der Waals surface area (Å²) in [5.74, 6) is -1.30. The zero-order chi connectivity index (χ0) is 26.2. The van der Waals surface area contributed by atoms with E-state index >= 15 is 0 Å². The van der Waals surface area contributed by atoms with E-state index in [4.69, 9.17) is 9.47 Å². The molecule has 8 nitrogen and oxygen atoms in total. The van der Waals surface area contributed by atoms with Crippen molar-refractivity contribution in [2.24, 2.45) is 17.8 Å². The quantitative estimate of drug-likeness (QED) is 0.410. The highest BCUT2D eigenvalue weighted by molar-refractivity contribution is 6.04. The van der Waals surface area contributed by atoms with E-state index < -0.39 is 30.4 Å². The van der Waals surface area contributed by atoms with E-state index in [1.54, 1.807) is 12.1 Å². The Morgan fingerprint density at radius 1 is 0.917 bits per heavy atom. The van der Waals surface area contributed by atoms with E-state index in [2.05, 4.69) is 30.8 Å². The summed E-state index contributed by atoms with van der Waals surface area (Å²) in [6, 6.07) is 12.4. The predicted octanol–water partition coefficient (Wildman–Crippen LogP) is 4.89. The van der Waals surface area contributed by atoms with Gasteiger partial charge in [-0.25, -0.2) is 14.4 Å². The Bertz CT molecular complexity index is 1090. The molecule has 0 unspecified atom stereocenters. The van der Waals surface area contributed by atoms with E-state index in [1.807, 2.05) is 0 Å². The number of anilines is 1. The number of hydrogen-bond donors (Lipinski definition) is 1. The predicted molar refractivity (Wildman–Crippen MR) is 134 cm³/mol.